The summed E-state index contributed by atoms with van der Waals surface area (Å²) in [5, 5.41) is 14.6. The molecule has 174 valence electrons. The number of nitrogens with zero attached hydrogens (tertiary/aromatic N) is 3. The predicted octanol–water partition coefficient (Wildman–Crippen LogP) is 0.882. The van der Waals surface area contributed by atoms with Gasteiger partial charge in [0.25, 0.3) is 0 Å². The summed E-state index contributed by atoms with van der Waals surface area (Å²) in [6, 6.07) is 10.8. The van der Waals surface area contributed by atoms with Crippen LogP contribution in [0.5, 0.6) is 0 Å². The summed E-state index contributed by atoms with van der Waals surface area (Å²) in [4.78, 5) is 33.5. The first-order valence-electron chi connectivity index (χ1n) is 10.5. The number of aromatic nitrogens is 2. The van der Waals surface area contributed by atoms with E-state index in [9.17, 15) is 14.7 Å². The Morgan fingerprint density at radius 3 is 2.52 bits per heavy atom. The van der Waals surface area contributed by atoms with Gasteiger partial charge in [-0.3, -0.25) is 9.79 Å². The largest absolute Gasteiger partial charge is 0.480 e. The molecule has 0 radical (unpaired) electrons. The summed E-state index contributed by atoms with van der Waals surface area (Å²) in [6.45, 7) is 1.31. The third kappa shape index (κ3) is 5.36. The maximum Gasteiger partial charge on any atom is 0.331 e. The normalized spacial score (nSPS) is 12.9. The third-order valence-corrected chi connectivity index (χ3v) is 5.59. The fraction of sp³-hybridized carbons (Fsp3) is 0.304. The van der Waals surface area contributed by atoms with Crippen molar-refractivity contribution >= 4 is 28.5 Å². The highest BCUT2D eigenvalue weighted by molar-refractivity contribution is 6.20. The number of carboxylic acid groups (broad SMARTS) is 1. The Labute approximate surface area is 191 Å². The molecule has 3 aromatic rings. The van der Waals surface area contributed by atoms with Crippen molar-refractivity contribution in [2.24, 2.45) is 29.2 Å². The number of ketones is 1. The number of Topliss-reactive ketones (excluding diaryl/α,β-unsaturated/α-hetero) is 1. The van der Waals surface area contributed by atoms with Crippen LogP contribution >= 0.6 is 0 Å². The minimum absolute atomic E-state index is 0.0980. The Morgan fingerprint density at radius 1 is 1.15 bits per heavy atom. The van der Waals surface area contributed by atoms with Gasteiger partial charge in [-0.05, 0) is 29.2 Å². The quantitative estimate of drug-likeness (QED) is 0.0938. The Bertz CT molecular complexity index is 1180. The molecule has 0 bridgehead atoms. The molecule has 0 aliphatic rings. The summed E-state index contributed by atoms with van der Waals surface area (Å²) in [7, 11) is 1.93. The molecule has 0 saturated carbocycles. The van der Waals surface area contributed by atoms with Crippen LogP contribution in [0.4, 0.5) is 0 Å². The lowest BCUT2D eigenvalue weighted by Crippen LogP contribution is -2.55. The van der Waals surface area contributed by atoms with Crippen molar-refractivity contribution in [3.8, 4) is 0 Å². The van der Waals surface area contributed by atoms with Gasteiger partial charge in [0.15, 0.2) is 17.3 Å². The number of hydrogen-bond acceptors (Lipinski definition) is 6. The van der Waals surface area contributed by atoms with Gasteiger partial charge in [0.05, 0.1) is 6.54 Å². The molecule has 0 amide bonds. The summed E-state index contributed by atoms with van der Waals surface area (Å²) in [5.74, 6) is -1.23. The van der Waals surface area contributed by atoms with E-state index in [-0.39, 0.29) is 30.9 Å². The van der Waals surface area contributed by atoms with Crippen molar-refractivity contribution in [3.63, 3.8) is 0 Å². The van der Waals surface area contributed by atoms with E-state index >= 15 is 0 Å². The number of hydrogen-bond donors (Lipinski definition) is 5. The molecule has 0 unspecified atom stereocenters. The first-order chi connectivity index (χ1) is 15.7. The zero-order valence-corrected chi connectivity index (χ0v) is 18.5. The highest BCUT2D eigenvalue weighted by atomic mass is 16.4. The van der Waals surface area contributed by atoms with Gasteiger partial charge in [-0.1, -0.05) is 36.4 Å². The first kappa shape index (κ1) is 23.9. The standard InChI is InChI=1S/C23H29N7O3/c1-30-12-11-28-19(30)14-27-13-15-7-8-18(17-6-3-2-5-16(15)17)20(31)23(26,21(32)33)9-4-10-29-22(24)25/h2-3,5-8,11-12,27H,4,9-10,13-14,26H2,1H3,(H,32,33)(H4,24,25,29)/t23-/m1/s1. The van der Waals surface area contributed by atoms with Crippen LogP contribution in [0.25, 0.3) is 10.8 Å². The van der Waals surface area contributed by atoms with E-state index in [0.717, 1.165) is 16.8 Å². The van der Waals surface area contributed by atoms with Gasteiger partial charge in [0, 0.05) is 38.1 Å². The maximum atomic E-state index is 13.4. The molecule has 1 atom stereocenters. The fourth-order valence-corrected chi connectivity index (χ4v) is 3.71. The van der Waals surface area contributed by atoms with E-state index in [0.29, 0.717) is 18.5 Å². The van der Waals surface area contributed by atoms with E-state index in [2.05, 4.69) is 15.3 Å². The second-order valence-electron chi connectivity index (χ2n) is 7.89. The van der Waals surface area contributed by atoms with Gasteiger partial charge in [-0.2, -0.15) is 0 Å². The van der Waals surface area contributed by atoms with E-state index in [4.69, 9.17) is 17.2 Å². The van der Waals surface area contributed by atoms with Gasteiger partial charge in [-0.15, -0.1) is 0 Å². The Hall–Kier alpha value is -3.76. The number of nitrogens with one attached hydrogen (secondary N) is 1. The number of fused-ring (bicyclic) bond motifs is 1. The molecule has 0 aliphatic heterocycles. The topological polar surface area (TPSA) is 175 Å². The lowest BCUT2D eigenvalue weighted by molar-refractivity contribution is -0.141. The van der Waals surface area contributed by atoms with Gasteiger partial charge >= 0.3 is 5.97 Å². The molecule has 33 heavy (non-hydrogen) atoms. The molecular formula is C23H29N7O3. The molecule has 2 aromatic carbocycles. The number of guanidine groups is 1. The second kappa shape index (κ2) is 10.2. The molecule has 0 spiro atoms. The Kier molecular flexibility index (Phi) is 7.41. The van der Waals surface area contributed by atoms with Gasteiger partial charge in [0.1, 0.15) is 5.82 Å². The number of aryl methyl sites for hydroxylation is 1. The Balaban J connectivity index is 1.85. The molecular weight excluding hydrogens is 422 g/mol. The summed E-state index contributed by atoms with van der Waals surface area (Å²) < 4.78 is 1.94. The second-order valence-corrected chi connectivity index (χ2v) is 7.89. The zero-order valence-electron chi connectivity index (χ0n) is 18.5. The van der Waals surface area contributed by atoms with E-state index < -0.39 is 17.3 Å². The van der Waals surface area contributed by atoms with E-state index in [1.54, 1.807) is 18.3 Å². The zero-order chi connectivity index (χ0) is 24.0. The highest BCUT2D eigenvalue weighted by Crippen LogP contribution is 2.27. The smallest absolute Gasteiger partial charge is 0.331 e. The molecule has 1 heterocycles. The van der Waals surface area contributed by atoms with Crippen LogP contribution in [-0.2, 0) is 24.9 Å². The first-order valence-corrected chi connectivity index (χ1v) is 10.5. The molecule has 8 N–H and O–H groups in total. The number of carbonyl (C=O) groups excluding carboxylic acids is 1. The average Bonchev–Trinajstić information content (AvgIpc) is 3.20. The number of imidazole rings is 1. The lowest BCUT2D eigenvalue weighted by atomic mass is 9.83. The number of carbonyl (C=O) groups is 2. The highest BCUT2D eigenvalue weighted by Gasteiger charge is 2.42. The number of rotatable bonds is 11. The van der Waals surface area contributed by atoms with E-state index in [1.807, 2.05) is 42.1 Å². The van der Waals surface area contributed by atoms with Crippen molar-refractivity contribution in [2.45, 2.75) is 31.5 Å². The van der Waals surface area contributed by atoms with Crippen molar-refractivity contribution in [1.82, 2.24) is 14.9 Å². The van der Waals surface area contributed by atoms with Crippen LogP contribution in [0.2, 0.25) is 0 Å². The molecule has 10 nitrogen and oxygen atoms in total. The fourth-order valence-electron chi connectivity index (χ4n) is 3.71. The van der Waals surface area contributed by atoms with Gasteiger partial charge in [-0.25, -0.2) is 9.78 Å². The summed E-state index contributed by atoms with van der Waals surface area (Å²) in [5.41, 5.74) is 15.9. The van der Waals surface area contributed by atoms with Crippen LogP contribution in [0.15, 0.2) is 53.8 Å². The van der Waals surface area contributed by atoms with Gasteiger partial charge < -0.3 is 32.2 Å². The average molecular weight is 452 g/mol. The SMILES string of the molecule is Cn1ccnc1CNCc1ccc(C(=O)[C@](N)(CCCN=C(N)N)C(=O)O)c2ccccc12. The number of nitrogens with two attached hydrogens (primary N) is 3. The minimum atomic E-state index is -2.08. The number of aliphatic carboxylic acids is 1. The van der Waals surface area contributed by atoms with Crippen LogP contribution < -0.4 is 22.5 Å². The summed E-state index contributed by atoms with van der Waals surface area (Å²) in [6.07, 6.45) is 3.77. The number of benzene rings is 2. The number of aliphatic imine (C=N–C) groups is 1. The summed E-state index contributed by atoms with van der Waals surface area (Å²) >= 11 is 0. The van der Waals surface area contributed by atoms with Crippen LogP contribution in [0.1, 0.15) is 34.6 Å². The van der Waals surface area contributed by atoms with Crippen molar-refractivity contribution < 1.29 is 14.7 Å². The van der Waals surface area contributed by atoms with Gasteiger partial charge in [0.2, 0.25) is 0 Å². The third-order valence-electron chi connectivity index (χ3n) is 5.59. The molecule has 10 heteroatoms. The molecule has 3 rings (SSSR count). The van der Waals surface area contributed by atoms with Crippen LogP contribution in [-0.4, -0.2) is 44.5 Å². The lowest BCUT2D eigenvalue weighted by Gasteiger charge is -2.24. The predicted molar refractivity (Wildman–Crippen MR) is 126 cm³/mol. The Morgan fingerprint density at radius 2 is 1.88 bits per heavy atom. The number of carboxylic acids is 1. The maximum absolute atomic E-state index is 13.4. The monoisotopic (exact) mass is 451 g/mol. The molecule has 0 fully saturated rings. The van der Waals surface area contributed by atoms with Crippen molar-refractivity contribution in [1.29, 1.82) is 0 Å². The molecule has 1 aromatic heterocycles. The molecule has 0 aliphatic carbocycles. The molecule has 0 saturated heterocycles. The van der Waals surface area contributed by atoms with Crippen LogP contribution in [0.3, 0.4) is 0 Å². The van der Waals surface area contributed by atoms with Crippen LogP contribution in [0, 0.1) is 0 Å². The van der Waals surface area contributed by atoms with Crippen molar-refractivity contribution in [3.05, 3.63) is 65.7 Å². The minimum Gasteiger partial charge on any atom is -0.480 e. The van der Waals surface area contributed by atoms with Crippen molar-refractivity contribution in [2.75, 3.05) is 6.54 Å². The van der Waals surface area contributed by atoms with E-state index in [1.165, 1.54) is 0 Å².